The summed E-state index contributed by atoms with van der Waals surface area (Å²) in [6, 6.07) is 12.2. The van der Waals surface area contributed by atoms with Crippen LogP contribution in [0, 0.1) is 0 Å². The SMILES string of the molecule is CCOC(=O)c1c(NC(=O)CSc2cccc(NC(=O)c3ccc(OC)c(OC)c3)c2)sc2c1CCCC2. The third kappa shape index (κ3) is 6.49. The Labute approximate surface area is 230 Å². The second-order valence-electron chi connectivity index (χ2n) is 8.52. The first kappa shape index (κ1) is 27.5. The maximum absolute atomic E-state index is 12.8. The molecule has 1 aromatic heterocycles. The summed E-state index contributed by atoms with van der Waals surface area (Å²) in [7, 11) is 3.05. The van der Waals surface area contributed by atoms with Crippen LogP contribution in [0.2, 0.25) is 0 Å². The Morgan fingerprint density at radius 3 is 2.53 bits per heavy atom. The molecule has 1 aliphatic rings. The van der Waals surface area contributed by atoms with Gasteiger partial charge in [0, 0.05) is 21.0 Å². The van der Waals surface area contributed by atoms with E-state index in [9.17, 15) is 14.4 Å². The molecular weight excluding hydrogens is 524 g/mol. The van der Waals surface area contributed by atoms with Crippen molar-refractivity contribution in [2.24, 2.45) is 0 Å². The van der Waals surface area contributed by atoms with Crippen LogP contribution in [0.5, 0.6) is 11.5 Å². The van der Waals surface area contributed by atoms with Crippen molar-refractivity contribution < 1.29 is 28.6 Å². The first-order chi connectivity index (χ1) is 18.4. The standard InChI is InChI=1S/C28H30N2O6S2/c1-4-36-28(33)25-20-10-5-6-11-23(20)38-27(25)30-24(31)16-37-19-9-7-8-18(15-19)29-26(32)17-12-13-21(34-2)22(14-17)35-3/h7-9,12-15H,4-6,10-11,16H2,1-3H3,(H,29,32)(H,30,31). The van der Waals surface area contributed by atoms with Gasteiger partial charge in [-0.15, -0.1) is 23.1 Å². The Morgan fingerprint density at radius 2 is 1.76 bits per heavy atom. The van der Waals surface area contributed by atoms with E-state index in [0.29, 0.717) is 33.3 Å². The number of esters is 1. The summed E-state index contributed by atoms with van der Waals surface area (Å²) in [5, 5.41) is 6.37. The van der Waals surface area contributed by atoms with Gasteiger partial charge in [0.2, 0.25) is 5.91 Å². The van der Waals surface area contributed by atoms with Crippen LogP contribution in [-0.2, 0) is 22.4 Å². The lowest BCUT2D eigenvalue weighted by Crippen LogP contribution is -2.17. The first-order valence-corrected chi connectivity index (χ1v) is 14.1. The second kappa shape index (κ2) is 12.8. The summed E-state index contributed by atoms with van der Waals surface area (Å²) < 4.78 is 15.8. The first-order valence-electron chi connectivity index (χ1n) is 12.3. The fraction of sp³-hybridized carbons (Fsp3) is 0.321. The highest BCUT2D eigenvalue weighted by atomic mass is 32.2. The number of anilines is 2. The largest absolute Gasteiger partial charge is 0.493 e. The number of carbonyl (C=O) groups excluding carboxylic acids is 3. The van der Waals surface area contributed by atoms with Gasteiger partial charge in [0.25, 0.3) is 5.91 Å². The van der Waals surface area contributed by atoms with Crippen LogP contribution >= 0.6 is 23.1 Å². The summed E-state index contributed by atoms with van der Waals surface area (Å²) in [6.07, 6.45) is 3.85. The van der Waals surface area contributed by atoms with Crippen LogP contribution in [0.3, 0.4) is 0 Å². The second-order valence-corrected chi connectivity index (χ2v) is 10.7. The number of aryl methyl sites for hydroxylation is 1. The summed E-state index contributed by atoms with van der Waals surface area (Å²) >= 11 is 2.82. The molecule has 200 valence electrons. The third-order valence-electron chi connectivity index (χ3n) is 6.01. The zero-order valence-electron chi connectivity index (χ0n) is 21.6. The number of hydrogen-bond donors (Lipinski definition) is 2. The van der Waals surface area contributed by atoms with Gasteiger partial charge in [-0.1, -0.05) is 6.07 Å². The van der Waals surface area contributed by atoms with Crippen LogP contribution in [-0.4, -0.2) is 44.4 Å². The topological polar surface area (TPSA) is 103 Å². The average molecular weight is 555 g/mol. The number of thiophene rings is 1. The van der Waals surface area contributed by atoms with Crippen molar-refractivity contribution in [3.8, 4) is 11.5 Å². The Balaban J connectivity index is 1.39. The van der Waals surface area contributed by atoms with E-state index < -0.39 is 0 Å². The number of methoxy groups -OCH3 is 2. The zero-order valence-corrected chi connectivity index (χ0v) is 23.2. The molecule has 8 nitrogen and oxygen atoms in total. The van der Waals surface area contributed by atoms with Gasteiger partial charge in [-0.25, -0.2) is 4.79 Å². The normalized spacial score (nSPS) is 12.3. The Morgan fingerprint density at radius 1 is 0.974 bits per heavy atom. The fourth-order valence-electron chi connectivity index (χ4n) is 4.23. The molecule has 2 N–H and O–H groups in total. The highest BCUT2D eigenvalue weighted by Gasteiger charge is 2.27. The van der Waals surface area contributed by atoms with Crippen molar-refractivity contribution in [3.63, 3.8) is 0 Å². The van der Waals surface area contributed by atoms with E-state index >= 15 is 0 Å². The predicted octanol–water partition coefficient (Wildman–Crippen LogP) is 5.80. The van der Waals surface area contributed by atoms with Crippen LogP contribution < -0.4 is 20.1 Å². The maximum atomic E-state index is 12.8. The number of thioether (sulfide) groups is 1. The molecule has 2 amide bonds. The van der Waals surface area contributed by atoms with Crippen LogP contribution in [0.25, 0.3) is 0 Å². The number of carbonyl (C=O) groups is 3. The molecule has 2 aromatic carbocycles. The van der Waals surface area contributed by atoms with Crippen LogP contribution in [0.15, 0.2) is 47.4 Å². The molecule has 0 unspecified atom stereocenters. The van der Waals surface area contributed by atoms with Crippen molar-refractivity contribution in [1.82, 2.24) is 0 Å². The molecule has 0 radical (unpaired) electrons. The van der Waals surface area contributed by atoms with E-state index in [-0.39, 0.29) is 30.1 Å². The lowest BCUT2D eigenvalue weighted by molar-refractivity contribution is -0.113. The smallest absolute Gasteiger partial charge is 0.341 e. The Kier molecular flexibility index (Phi) is 9.30. The Hall–Kier alpha value is -3.50. The van der Waals surface area contributed by atoms with Gasteiger partial charge in [0.05, 0.1) is 32.1 Å². The van der Waals surface area contributed by atoms with E-state index in [4.69, 9.17) is 14.2 Å². The average Bonchev–Trinajstić information content (AvgIpc) is 3.29. The molecular formula is C28H30N2O6S2. The van der Waals surface area contributed by atoms with Crippen molar-refractivity contribution >= 4 is 51.6 Å². The molecule has 3 aromatic rings. The summed E-state index contributed by atoms with van der Waals surface area (Å²) in [5.41, 5.74) is 2.55. The number of benzene rings is 2. The van der Waals surface area contributed by atoms with Gasteiger partial charge in [0.15, 0.2) is 11.5 Å². The molecule has 4 rings (SSSR count). The molecule has 0 saturated heterocycles. The fourth-order valence-corrected chi connectivity index (χ4v) is 6.28. The lowest BCUT2D eigenvalue weighted by atomic mass is 9.95. The van der Waals surface area contributed by atoms with Gasteiger partial charge < -0.3 is 24.8 Å². The minimum absolute atomic E-state index is 0.151. The van der Waals surface area contributed by atoms with Gasteiger partial charge in [0.1, 0.15) is 5.00 Å². The van der Waals surface area contributed by atoms with Gasteiger partial charge >= 0.3 is 5.97 Å². The maximum Gasteiger partial charge on any atom is 0.341 e. The lowest BCUT2D eigenvalue weighted by Gasteiger charge is -2.12. The number of rotatable bonds is 10. The molecule has 0 atom stereocenters. The molecule has 38 heavy (non-hydrogen) atoms. The predicted molar refractivity (Wildman–Crippen MR) is 150 cm³/mol. The third-order valence-corrected chi connectivity index (χ3v) is 8.21. The number of hydrogen-bond acceptors (Lipinski definition) is 8. The van der Waals surface area contributed by atoms with Crippen LogP contribution in [0.4, 0.5) is 10.7 Å². The van der Waals surface area contributed by atoms with E-state index in [1.807, 2.05) is 18.2 Å². The molecule has 0 saturated carbocycles. The van der Waals surface area contributed by atoms with Crippen molar-refractivity contribution in [2.45, 2.75) is 37.5 Å². The molecule has 10 heteroatoms. The molecule has 0 spiro atoms. The monoisotopic (exact) mass is 554 g/mol. The van der Waals surface area contributed by atoms with Crippen molar-refractivity contribution in [2.75, 3.05) is 37.2 Å². The van der Waals surface area contributed by atoms with E-state index in [2.05, 4.69) is 10.6 Å². The number of ether oxygens (including phenoxy) is 3. The highest BCUT2D eigenvalue weighted by molar-refractivity contribution is 8.00. The number of amides is 2. The van der Waals surface area contributed by atoms with Crippen molar-refractivity contribution in [1.29, 1.82) is 0 Å². The molecule has 0 bridgehead atoms. The van der Waals surface area contributed by atoms with Crippen molar-refractivity contribution in [3.05, 3.63) is 64.0 Å². The molecule has 0 fully saturated rings. The Bertz CT molecular complexity index is 1340. The van der Waals surface area contributed by atoms with E-state index in [1.165, 1.54) is 37.3 Å². The minimum atomic E-state index is -0.382. The van der Waals surface area contributed by atoms with E-state index in [1.54, 1.807) is 31.2 Å². The van der Waals surface area contributed by atoms with Gasteiger partial charge in [-0.3, -0.25) is 9.59 Å². The zero-order chi connectivity index (χ0) is 27.1. The number of nitrogens with one attached hydrogen (secondary N) is 2. The summed E-state index contributed by atoms with van der Waals surface area (Å²) in [5.74, 6) is 0.273. The quantitative estimate of drug-likeness (QED) is 0.241. The van der Waals surface area contributed by atoms with Gasteiger partial charge in [-0.2, -0.15) is 0 Å². The highest BCUT2D eigenvalue weighted by Crippen LogP contribution is 2.39. The van der Waals surface area contributed by atoms with Crippen LogP contribution in [0.1, 0.15) is 50.9 Å². The molecule has 1 aliphatic carbocycles. The molecule has 1 heterocycles. The summed E-state index contributed by atoms with van der Waals surface area (Å²) in [4.78, 5) is 40.2. The summed E-state index contributed by atoms with van der Waals surface area (Å²) in [6.45, 7) is 2.06. The molecule has 0 aliphatic heterocycles. The van der Waals surface area contributed by atoms with Gasteiger partial charge in [-0.05, 0) is 74.6 Å². The van der Waals surface area contributed by atoms with E-state index in [0.717, 1.165) is 41.0 Å². The minimum Gasteiger partial charge on any atom is -0.493 e. The number of fused-ring (bicyclic) bond motifs is 1.